The van der Waals surface area contributed by atoms with Gasteiger partial charge in [-0.05, 0) is 24.1 Å². The van der Waals surface area contributed by atoms with E-state index in [2.05, 4.69) is 6.58 Å². The first kappa shape index (κ1) is 25.0. The quantitative estimate of drug-likeness (QED) is 0.203. The third kappa shape index (κ3) is 5.46. The van der Waals surface area contributed by atoms with Crippen LogP contribution in [0.25, 0.3) is 0 Å². The van der Waals surface area contributed by atoms with Crippen LogP contribution < -0.4 is 4.74 Å². The van der Waals surface area contributed by atoms with Gasteiger partial charge >= 0.3 is 0 Å². The van der Waals surface area contributed by atoms with E-state index in [0.717, 1.165) is 5.56 Å². The van der Waals surface area contributed by atoms with Gasteiger partial charge < -0.3 is 54.7 Å². The first-order chi connectivity index (χ1) is 15.3. The Morgan fingerprint density at radius 2 is 1.34 bits per heavy atom. The van der Waals surface area contributed by atoms with Crippen molar-refractivity contribution >= 4 is 0 Å². The van der Waals surface area contributed by atoms with Gasteiger partial charge in [-0.3, -0.25) is 0 Å². The van der Waals surface area contributed by atoms with Crippen molar-refractivity contribution in [1.29, 1.82) is 0 Å². The summed E-state index contributed by atoms with van der Waals surface area (Å²) in [6.45, 7) is 2.62. The minimum Gasteiger partial charge on any atom is -0.462 e. The highest BCUT2D eigenvalue weighted by atomic mass is 16.7. The number of hydrogen-bond donors (Lipinski definition) is 7. The van der Waals surface area contributed by atoms with E-state index in [1.54, 1.807) is 30.3 Å². The zero-order valence-corrected chi connectivity index (χ0v) is 17.3. The van der Waals surface area contributed by atoms with Crippen LogP contribution in [0, 0.1) is 0 Å². The molecule has 0 aromatic heterocycles. The molecule has 1 aromatic rings. The molecule has 0 amide bonds. The Balaban J connectivity index is 1.62. The predicted octanol–water partition coefficient (Wildman–Crippen LogP) is -2.58. The minimum atomic E-state index is -1.63. The molecule has 0 saturated carbocycles. The summed E-state index contributed by atoms with van der Waals surface area (Å²) in [6.07, 6.45) is -12.2. The van der Waals surface area contributed by atoms with Gasteiger partial charge in [-0.15, -0.1) is 6.58 Å². The zero-order valence-electron chi connectivity index (χ0n) is 17.3. The number of hydrogen-bond acceptors (Lipinski definition) is 11. The molecule has 32 heavy (non-hydrogen) atoms. The molecule has 2 fully saturated rings. The second-order valence-corrected chi connectivity index (χ2v) is 7.80. The van der Waals surface area contributed by atoms with E-state index in [-0.39, 0.29) is 0 Å². The highest BCUT2D eigenvalue weighted by molar-refractivity contribution is 5.28. The van der Waals surface area contributed by atoms with Crippen molar-refractivity contribution in [2.24, 2.45) is 0 Å². The van der Waals surface area contributed by atoms with Crippen LogP contribution >= 0.6 is 0 Å². The summed E-state index contributed by atoms with van der Waals surface area (Å²) in [5.41, 5.74) is 0.999. The largest absolute Gasteiger partial charge is 0.462 e. The summed E-state index contributed by atoms with van der Waals surface area (Å²) in [5.74, 6) is 0.360. The van der Waals surface area contributed by atoms with Crippen LogP contribution in [-0.2, 0) is 20.6 Å². The molecule has 0 aliphatic carbocycles. The number of benzene rings is 1. The Morgan fingerprint density at radius 3 is 1.94 bits per heavy atom. The van der Waals surface area contributed by atoms with Crippen LogP contribution in [0.3, 0.4) is 0 Å². The van der Waals surface area contributed by atoms with Gasteiger partial charge in [-0.2, -0.15) is 0 Å². The number of aliphatic hydroxyl groups is 7. The maximum atomic E-state index is 10.3. The van der Waals surface area contributed by atoms with Crippen molar-refractivity contribution in [3.63, 3.8) is 0 Å². The monoisotopic (exact) mass is 458 g/mol. The fraction of sp³-hybridized carbons (Fsp3) is 0.619. The fourth-order valence-corrected chi connectivity index (χ4v) is 3.55. The van der Waals surface area contributed by atoms with Crippen molar-refractivity contribution < 1.29 is 54.7 Å². The maximum absolute atomic E-state index is 10.3. The van der Waals surface area contributed by atoms with E-state index in [1.165, 1.54) is 0 Å². The van der Waals surface area contributed by atoms with Gasteiger partial charge in [0.2, 0.25) is 6.29 Å². The lowest BCUT2D eigenvalue weighted by atomic mass is 9.98. The van der Waals surface area contributed by atoms with E-state index >= 15 is 0 Å². The Bertz CT molecular complexity index is 727. The number of ether oxygens (including phenoxy) is 4. The molecular formula is C21H30O11. The van der Waals surface area contributed by atoms with Gasteiger partial charge in [0, 0.05) is 0 Å². The van der Waals surface area contributed by atoms with Gasteiger partial charge in [0.05, 0.1) is 13.2 Å². The summed E-state index contributed by atoms with van der Waals surface area (Å²) < 4.78 is 21.8. The van der Waals surface area contributed by atoms with Crippen molar-refractivity contribution in [1.82, 2.24) is 0 Å². The average molecular weight is 458 g/mol. The second-order valence-electron chi connectivity index (χ2n) is 7.80. The average Bonchev–Trinajstić information content (AvgIpc) is 2.79. The van der Waals surface area contributed by atoms with Crippen LogP contribution in [-0.4, -0.2) is 110 Å². The van der Waals surface area contributed by atoms with Crippen molar-refractivity contribution in [2.75, 3.05) is 13.2 Å². The molecule has 0 bridgehead atoms. The molecule has 7 N–H and O–H groups in total. The van der Waals surface area contributed by atoms with Crippen LogP contribution in [0.4, 0.5) is 0 Å². The molecule has 10 atom stereocenters. The Hall–Kier alpha value is -1.64. The van der Waals surface area contributed by atoms with E-state index in [1.807, 2.05) is 0 Å². The molecular weight excluding hydrogens is 428 g/mol. The highest BCUT2D eigenvalue weighted by Crippen LogP contribution is 2.27. The van der Waals surface area contributed by atoms with E-state index < -0.39 is 74.6 Å². The molecule has 0 radical (unpaired) electrons. The minimum absolute atomic E-state index is 0.360. The summed E-state index contributed by atoms with van der Waals surface area (Å²) >= 11 is 0. The smallest absolute Gasteiger partial charge is 0.229 e. The van der Waals surface area contributed by atoms with Gasteiger partial charge in [0.25, 0.3) is 0 Å². The number of aliphatic hydroxyl groups excluding tert-OH is 7. The lowest BCUT2D eigenvalue weighted by Gasteiger charge is -2.42. The summed E-state index contributed by atoms with van der Waals surface area (Å²) in [7, 11) is 0. The molecule has 2 aliphatic heterocycles. The SMILES string of the molecule is C=CCc1ccc(O[C@@H]2O[C@@H](CO[C@H]3O[C@@H](CO)[C@@H](O)[C@@H](O)[C@H]3O)[C@@H](O)[C@@H](O)[C@@H]2O)cc1. The number of allylic oxidation sites excluding steroid dienone is 1. The molecule has 0 unspecified atom stereocenters. The molecule has 180 valence electrons. The van der Waals surface area contributed by atoms with E-state index in [9.17, 15) is 35.7 Å². The molecule has 2 saturated heterocycles. The van der Waals surface area contributed by atoms with Crippen molar-refractivity contribution in [3.05, 3.63) is 42.5 Å². The van der Waals surface area contributed by atoms with Gasteiger partial charge in [-0.1, -0.05) is 18.2 Å². The molecule has 3 rings (SSSR count). The summed E-state index contributed by atoms with van der Waals surface area (Å²) in [4.78, 5) is 0. The van der Waals surface area contributed by atoms with Gasteiger partial charge in [0.15, 0.2) is 6.29 Å². The topological polar surface area (TPSA) is 179 Å². The van der Waals surface area contributed by atoms with Gasteiger partial charge in [0.1, 0.15) is 54.6 Å². The molecule has 2 heterocycles. The van der Waals surface area contributed by atoms with Crippen LogP contribution in [0.1, 0.15) is 5.56 Å². The first-order valence-corrected chi connectivity index (χ1v) is 10.2. The van der Waals surface area contributed by atoms with Crippen LogP contribution in [0.2, 0.25) is 0 Å². The predicted molar refractivity (Wildman–Crippen MR) is 107 cm³/mol. The molecule has 2 aliphatic rings. The Morgan fingerprint density at radius 1 is 0.781 bits per heavy atom. The standard InChI is InChI=1S/C21H30O11/c1-2-3-10-4-6-11(7-5-10)30-21-19(28)17(26)15(24)13(32-21)9-29-20-18(27)16(25)14(23)12(8-22)31-20/h2,4-7,12-28H,1,3,8-9H2/t12-,13-,14+,15+,16+,17+,18+,19-,20-,21+/m0/s1. The lowest BCUT2D eigenvalue weighted by molar-refractivity contribution is -0.323. The van der Waals surface area contributed by atoms with Crippen LogP contribution in [0.5, 0.6) is 5.75 Å². The Labute approximate surface area is 184 Å². The summed E-state index contributed by atoms with van der Waals surface area (Å²) in [5, 5.41) is 69.7. The molecule has 11 heteroatoms. The zero-order chi connectivity index (χ0) is 23.4. The first-order valence-electron chi connectivity index (χ1n) is 10.2. The van der Waals surface area contributed by atoms with Crippen molar-refractivity contribution in [3.8, 4) is 5.75 Å². The van der Waals surface area contributed by atoms with Gasteiger partial charge in [-0.25, -0.2) is 0 Å². The lowest BCUT2D eigenvalue weighted by Crippen LogP contribution is -2.62. The normalized spacial score (nSPS) is 40.1. The Kier molecular flexibility index (Phi) is 8.58. The van der Waals surface area contributed by atoms with E-state index in [4.69, 9.17) is 18.9 Å². The van der Waals surface area contributed by atoms with E-state index in [0.29, 0.717) is 12.2 Å². The van der Waals surface area contributed by atoms with Crippen LogP contribution in [0.15, 0.2) is 36.9 Å². The third-order valence-corrected chi connectivity index (χ3v) is 5.50. The number of rotatable bonds is 8. The summed E-state index contributed by atoms with van der Waals surface area (Å²) in [6, 6.07) is 6.92. The molecule has 0 spiro atoms. The highest BCUT2D eigenvalue weighted by Gasteiger charge is 2.47. The molecule has 11 nitrogen and oxygen atoms in total. The fourth-order valence-electron chi connectivity index (χ4n) is 3.55. The maximum Gasteiger partial charge on any atom is 0.229 e. The van der Waals surface area contributed by atoms with Crippen molar-refractivity contribution in [2.45, 2.75) is 67.8 Å². The molecule has 1 aromatic carbocycles. The second kappa shape index (κ2) is 11.0. The third-order valence-electron chi connectivity index (χ3n) is 5.50.